The van der Waals surface area contributed by atoms with Crippen LogP contribution < -0.4 is 5.32 Å². The molecule has 1 N–H and O–H groups in total. The molecule has 3 rings (SSSR count). The molecular formula is C15H20N2S. The molecular weight excluding hydrogens is 240 g/mol. The van der Waals surface area contributed by atoms with Gasteiger partial charge in [-0.1, -0.05) is 54.9 Å². The summed E-state index contributed by atoms with van der Waals surface area (Å²) in [5.41, 5.74) is 1.62. The SMILES string of the molecule is CC1(NC2=NC(c3ccccc3)CS2)CCCC1. The molecule has 1 aromatic carbocycles. The number of rotatable bonds is 2. The summed E-state index contributed by atoms with van der Waals surface area (Å²) in [6.45, 7) is 2.33. The molecule has 0 aromatic heterocycles. The van der Waals surface area contributed by atoms with E-state index in [1.165, 1.54) is 31.2 Å². The first kappa shape index (κ1) is 12.1. The van der Waals surface area contributed by atoms with E-state index in [2.05, 4.69) is 42.6 Å². The zero-order valence-electron chi connectivity index (χ0n) is 10.9. The molecule has 1 unspecified atom stereocenters. The highest BCUT2D eigenvalue weighted by Crippen LogP contribution is 2.33. The Bertz CT molecular complexity index is 435. The van der Waals surface area contributed by atoms with Gasteiger partial charge in [0.1, 0.15) is 0 Å². The lowest BCUT2D eigenvalue weighted by atomic mass is 10.0. The Morgan fingerprint density at radius 3 is 2.67 bits per heavy atom. The molecule has 0 spiro atoms. The van der Waals surface area contributed by atoms with Crippen molar-refractivity contribution in [3.63, 3.8) is 0 Å². The number of nitrogens with zero attached hydrogens (tertiary/aromatic N) is 1. The summed E-state index contributed by atoms with van der Waals surface area (Å²) in [5.74, 6) is 1.07. The monoisotopic (exact) mass is 260 g/mol. The summed E-state index contributed by atoms with van der Waals surface area (Å²) in [6, 6.07) is 10.9. The molecule has 1 aromatic rings. The van der Waals surface area contributed by atoms with Gasteiger partial charge in [-0.25, -0.2) is 0 Å². The molecule has 1 fully saturated rings. The largest absolute Gasteiger partial charge is 0.360 e. The number of aliphatic imine (C=N–C) groups is 1. The van der Waals surface area contributed by atoms with Crippen molar-refractivity contribution in [2.45, 2.75) is 44.2 Å². The van der Waals surface area contributed by atoms with Crippen LogP contribution in [0.15, 0.2) is 35.3 Å². The van der Waals surface area contributed by atoms with Gasteiger partial charge in [-0.2, -0.15) is 0 Å². The highest BCUT2D eigenvalue weighted by Gasteiger charge is 2.31. The van der Waals surface area contributed by atoms with E-state index in [0.717, 1.165) is 10.9 Å². The predicted molar refractivity (Wildman–Crippen MR) is 79.1 cm³/mol. The molecule has 0 bridgehead atoms. The van der Waals surface area contributed by atoms with Crippen LogP contribution in [0.25, 0.3) is 0 Å². The zero-order valence-corrected chi connectivity index (χ0v) is 11.7. The smallest absolute Gasteiger partial charge is 0.157 e. The molecule has 18 heavy (non-hydrogen) atoms. The van der Waals surface area contributed by atoms with E-state index < -0.39 is 0 Å². The Morgan fingerprint density at radius 1 is 1.22 bits per heavy atom. The Labute approximate surface area is 113 Å². The fourth-order valence-corrected chi connectivity index (χ4v) is 3.93. The van der Waals surface area contributed by atoms with E-state index in [1.54, 1.807) is 0 Å². The van der Waals surface area contributed by atoms with Crippen LogP contribution in [0.2, 0.25) is 0 Å². The predicted octanol–water partition coefficient (Wildman–Crippen LogP) is 3.75. The first-order valence-corrected chi connectivity index (χ1v) is 7.77. The Balaban J connectivity index is 1.68. The van der Waals surface area contributed by atoms with Gasteiger partial charge in [-0.15, -0.1) is 0 Å². The van der Waals surface area contributed by atoms with E-state index in [4.69, 9.17) is 4.99 Å². The summed E-state index contributed by atoms with van der Waals surface area (Å²) >= 11 is 1.87. The Kier molecular flexibility index (Phi) is 3.33. The summed E-state index contributed by atoms with van der Waals surface area (Å²) < 4.78 is 0. The maximum absolute atomic E-state index is 4.84. The van der Waals surface area contributed by atoms with Gasteiger partial charge in [0.2, 0.25) is 0 Å². The average Bonchev–Trinajstić information content (AvgIpc) is 3.00. The van der Waals surface area contributed by atoms with Crippen molar-refractivity contribution < 1.29 is 0 Å². The van der Waals surface area contributed by atoms with Gasteiger partial charge >= 0.3 is 0 Å². The molecule has 1 saturated carbocycles. The molecule has 1 aliphatic heterocycles. The molecule has 3 heteroatoms. The van der Waals surface area contributed by atoms with Crippen LogP contribution >= 0.6 is 11.8 Å². The molecule has 1 aliphatic carbocycles. The standard InChI is InChI=1S/C15H20N2S/c1-15(9-5-6-10-15)17-14-16-13(11-18-14)12-7-3-2-4-8-12/h2-4,7-8,13H,5-6,9-11H2,1H3,(H,16,17). The first-order valence-electron chi connectivity index (χ1n) is 6.79. The number of nitrogens with one attached hydrogen (secondary N) is 1. The summed E-state index contributed by atoms with van der Waals surface area (Å²) in [5, 5.41) is 4.81. The van der Waals surface area contributed by atoms with E-state index in [1.807, 2.05) is 11.8 Å². The lowest BCUT2D eigenvalue weighted by molar-refractivity contribution is 0.434. The van der Waals surface area contributed by atoms with Crippen molar-refractivity contribution in [3.05, 3.63) is 35.9 Å². The molecule has 0 radical (unpaired) electrons. The highest BCUT2D eigenvalue weighted by atomic mass is 32.2. The summed E-state index contributed by atoms with van der Waals surface area (Å²) in [7, 11) is 0. The third-order valence-electron chi connectivity index (χ3n) is 3.95. The maximum Gasteiger partial charge on any atom is 0.157 e. The fraction of sp³-hybridized carbons (Fsp3) is 0.533. The second-order valence-electron chi connectivity index (χ2n) is 5.56. The maximum atomic E-state index is 4.84. The topological polar surface area (TPSA) is 24.4 Å². The van der Waals surface area contributed by atoms with E-state index >= 15 is 0 Å². The normalized spacial score (nSPS) is 26.1. The highest BCUT2D eigenvalue weighted by molar-refractivity contribution is 8.14. The van der Waals surface area contributed by atoms with E-state index in [-0.39, 0.29) is 5.54 Å². The number of hydrogen-bond acceptors (Lipinski definition) is 3. The van der Waals surface area contributed by atoms with Gasteiger partial charge in [0.25, 0.3) is 0 Å². The van der Waals surface area contributed by atoms with Crippen molar-refractivity contribution in [2.24, 2.45) is 4.99 Å². The average molecular weight is 260 g/mol. The number of hydrogen-bond donors (Lipinski definition) is 1. The summed E-state index contributed by atoms with van der Waals surface area (Å²) in [4.78, 5) is 4.84. The molecule has 0 amide bonds. The third kappa shape index (κ3) is 2.56. The number of amidine groups is 1. The minimum Gasteiger partial charge on any atom is -0.360 e. The van der Waals surface area contributed by atoms with Crippen LogP contribution in [0.3, 0.4) is 0 Å². The number of thioether (sulfide) groups is 1. The van der Waals surface area contributed by atoms with Crippen LogP contribution in [0.1, 0.15) is 44.2 Å². The lowest BCUT2D eigenvalue weighted by Crippen LogP contribution is -2.41. The molecule has 2 nitrogen and oxygen atoms in total. The van der Waals surface area contributed by atoms with Gasteiger partial charge in [0.05, 0.1) is 6.04 Å². The van der Waals surface area contributed by atoms with Crippen molar-refractivity contribution in [1.82, 2.24) is 5.32 Å². The van der Waals surface area contributed by atoms with Gasteiger partial charge in [-0.3, -0.25) is 4.99 Å². The Morgan fingerprint density at radius 2 is 1.94 bits per heavy atom. The van der Waals surface area contributed by atoms with Crippen LogP contribution in [0.4, 0.5) is 0 Å². The zero-order chi connectivity index (χ0) is 12.4. The molecule has 1 heterocycles. The van der Waals surface area contributed by atoms with Crippen LogP contribution in [-0.2, 0) is 0 Å². The minimum atomic E-state index is 0.289. The van der Waals surface area contributed by atoms with Crippen molar-refractivity contribution >= 4 is 16.9 Å². The van der Waals surface area contributed by atoms with Crippen molar-refractivity contribution in [3.8, 4) is 0 Å². The second-order valence-corrected chi connectivity index (χ2v) is 6.57. The van der Waals surface area contributed by atoms with Crippen LogP contribution in [0, 0.1) is 0 Å². The Hall–Kier alpha value is -0.960. The van der Waals surface area contributed by atoms with Crippen molar-refractivity contribution in [1.29, 1.82) is 0 Å². The molecule has 0 saturated heterocycles. The fourth-order valence-electron chi connectivity index (χ4n) is 2.83. The molecule has 1 atom stereocenters. The minimum absolute atomic E-state index is 0.289. The third-order valence-corrected chi connectivity index (χ3v) is 4.91. The lowest BCUT2D eigenvalue weighted by Gasteiger charge is -2.25. The van der Waals surface area contributed by atoms with Gasteiger partial charge in [-0.05, 0) is 25.3 Å². The van der Waals surface area contributed by atoms with Gasteiger partial charge in [0, 0.05) is 11.3 Å². The number of benzene rings is 1. The van der Waals surface area contributed by atoms with Gasteiger partial charge < -0.3 is 5.32 Å². The van der Waals surface area contributed by atoms with Crippen LogP contribution in [0.5, 0.6) is 0 Å². The van der Waals surface area contributed by atoms with E-state index in [9.17, 15) is 0 Å². The quantitative estimate of drug-likeness (QED) is 0.875. The van der Waals surface area contributed by atoms with Crippen LogP contribution in [-0.4, -0.2) is 16.5 Å². The molecule has 96 valence electrons. The second kappa shape index (κ2) is 4.96. The van der Waals surface area contributed by atoms with E-state index in [0.29, 0.717) is 6.04 Å². The van der Waals surface area contributed by atoms with Crippen molar-refractivity contribution in [2.75, 3.05) is 5.75 Å². The first-order chi connectivity index (χ1) is 8.75. The van der Waals surface area contributed by atoms with Gasteiger partial charge in [0.15, 0.2) is 5.17 Å². The molecule has 2 aliphatic rings. The summed E-state index contributed by atoms with van der Waals surface area (Å²) in [6.07, 6.45) is 5.26.